The molecule has 7 heteroatoms. The summed E-state index contributed by atoms with van der Waals surface area (Å²) in [6, 6.07) is 15.2. The second kappa shape index (κ2) is 10.4. The summed E-state index contributed by atoms with van der Waals surface area (Å²) in [4.78, 5) is 18.1. The number of hydrogen-bond acceptors (Lipinski definition) is 4. The maximum atomic E-state index is 12.3. The minimum absolute atomic E-state index is 0.214. The van der Waals surface area contributed by atoms with Crippen molar-refractivity contribution in [2.45, 2.75) is 45.3 Å². The number of aliphatic hydroxyl groups is 1. The molecule has 0 spiro atoms. The zero-order valence-electron chi connectivity index (χ0n) is 19.2. The van der Waals surface area contributed by atoms with E-state index in [0.29, 0.717) is 23.0 Å². The molecule has 4 rings (SSSR count). The number of para-hydroxylation sites is 2. The Balaban J connectivity index is 0.000000238. The number of rotatable bonds is 5. The monoisotopic (exact) mass is 457 g/mol. The minimum atomic E-state index is -0.773. The number of aryl methyl sites for hydroxylation is 1. The highest BCUT2D eigenvalue weighted by Crippen LogP contribution is 2.31. The third-order valence-electron chi connectivity index (χ3n) is 5.09. The molecule has 1 amide bonds. The summed E-state index contributed by atoms with van der Waals surface area (Å²) in [6.45, 7) is 6.37. The predicted octanol–water partition coefficient (Wildman–Crippen LogP) is 5.59. The molecule has 1 unspecified atom stereocenters. The van der Waals surface area contributed by atoms with E-state index < -0.39 is 11.7 Å². The standard InChI is InChI=1S/C17H24ClNO3.C8H8N2/c1-17(2,3)22-16(21)19(10-12-7-8-12)11-15(20)13-5-4-6-14(18)9-13;1-10-6-9-7-4-2-3-5-8(7)10/h4-6,9,12,15,20H,7-8,10-11H2,1-3H3;2-6H,1H3. The minimum Gasteiger partial charge on any atom is -0.444 e. The van der Waals surface area contributed by atoms with Crippen LogP contribution in [-0.2, 0) is 11.8 Å². The summed E-state index contributed by atoms with van der Waals surface area (Å²) in [5.74, 6) is 0.527. The number of fused-ring (bicyclic) bond motifs is 1. The molecule has 1 atom stereocenters. The average molecular weight is 458 g/mol. The molecule has 1 aromatic heterocycles. The number of aromatic nitrogens is 2. The number of hydrogen-bond donors (Lipinski definition) is 1. The first-order chi connectivity index (χ1) is 15.1. The van der Waals surface area contributed by atoms with Gasteiger partial charge in [-0.2, -0.15) is 0 Å². The van der Waals surface area contributed by atoms with E-state index in [-0.39, 0.29) is 12.6 Å². The Labute approximate surface area is 194 Å². The first kappa shape index (κ1) is 24.1. The lowest BCUT2D eigenvalue weighted by molar-refractivity contribution is 0.0133. The quantitative estimate of drug-likeness (QED) is 0.542. The van der Waals surface area contributed by atoms with E-state index in [4.69, 9.17) is 16.3 Å². The smallest absolute Gasteiger partial charge is 0.410 e. The summed E-state index contributed by atoms with van der Waals surface area (Å²) in [5, 5.41) is 11.0. The van der Waals surface area contributed by atoms with E-state index in [1.54, 1.807) is 29.2 Å². The summed E-state index contributed by atoms with van der Waals surface area (Å²) in [7, 11) is 2.00. The van der Waals surface area contributed by atoms with Gasteiger partial charge in [-0.25, -0.2) is 9.78 Å². The Morgan fingerprint density at radius 1 is 1.25 bits per heavy atom. The topological polar surface area (TPSA) is 67.6 Å². The number of ether oxygens (including phenoxy) is 1. The SMILES string of the molecule is CC(C)(C)OC(=O)N(CC1CC1)CC(O)c1cccc(Cl)c1.Cn1cnc2ccccc21. The zero-order chi connectivity index (χ0) is 23.3. The highest BCUT2D eigenvalue weighted by atomic mass is 35.5. The van der Waals surface area contributed by atoms with Gasteiger partial charge in [0, 0.05) is 18.6 Å². The number of benzene rings is 2. The van der Waals surface area contributed by atoms with Crippen molar-refractivity contribution in [3.05, 3.63) is 65.4 Å². The number of carbonyl (C=O) groups is 1. The van der Waals surface area contributed by atoms with Crippen molar-refractivity contribution in [3.63, 3.8) is 0 Å². The van der Waals surface area contributed by atoms with Crippen molar-refractivity contribution in [1.29, 1.82) is 0 Å². The molecule has 1 fully saturated rings. The highest BCUT2D eigenvalue weighted by Gasteiger charge is 2.30. The van der Waals surface area contributed by atoms with Gasteiger partial charge in [-0.15, -0.1) is 0 Å². The van der Waals surface area contributed by atoms with E-state index in [1.807, 2.05) is 56.9 Å². The molecule has 0 bridgehead atoms. The van der Waals surface area contributed by atoms with Gasteiger partial charge < -0.3 is 19.3 Å². The van der Waals surface area contributed by atoms with Crippen LogP contribution < -0.4 is 0 Å². The highest BCUT2D eigenvalue weighted by molar-refractivity contribution is 6.30. The number of amides is 1. The van der Waals surface area contributed by atoms with Crippen LogP contribution in [0.5, 0.6) is 0 Å². The maximum Gasteiger partial charge on any atom is 0.410 e. The van der Waals surface area contributed by atoms with E-state index >= 15 is 0 Å². The Kier molecular flexibility index (Phi) is 7.80. The molecule has 0 aliphatic heterocycles. The van der Waals surface area contributed by atoms with Crippen LogP contribution in [0.1, 0.15) is 45.3 Å². The van der Waals surface area contributed by atoms with Crippen LogP contribution in [0.15, 0.2) is 54.9 Å². The summed E-state index contributed by atoms with van der Waals surface area (Å²) >= 11 is 5.95. The van der Waals surface area contributed by atoms with E-state index in [2.05, 4.69) is 11.1 Å². The molecule has 6 nitrogen and oxygen atoms in total. The molecule has 0 radical (unpaired) electrons. The van der Waals surface area contributed by atoms with Crippen LogP contribution in [-0.4, -0.2) is 44.3 Å². The number of imidazole rings is 1. The number of carbonyl (C=O) groups excluding carboxylic acids is 1. The fourth-order valence-corrected chi connectivity index (χ4v) is 3.47. The molecule has 1 heterocycles. The molecule has 2 aromatic carbocycles. The van der Waals surface area contributed by atoms with Gasteiger partial charge in [-0.3, -0.25) is 0 Å². The molecule has 1 aliphatic carbocycles. The predicted molar refractivity (Wildman–Crippen MR) is 128 cm³/mol. The van der Waals surface area contributed by atoms with Gasteiger partial charge >= 0.3 is 6.09 Å². The van der Waals surface area contributed by atoms with Gasteiger partial charge in [-0.05, 0) is 69.4 Å². The van der Waals surface area contributed by atoms with Crippen LogP contribution in [0, 0.1) is 5.92 Å². The van der Waals surface area contributed by atoms with Crippen molar-refractivity contribution in [2.75, 3.05) is 13.1 Å². The van der Waals surface area contributed by atoms with Crippen LogP contribution in [0.2, 0.25) is 5.02 Å². The van der Waals surface area contributed by atoms with Gasteiger partial charge in [0.2, 0.25) is 0 Å². The third-order valence-corrected chi connectivity index (χ3v) is 5.32. The van der Waals surface area contributed by atoms with E-state index in [0.717, 1.165) is 18.4 Å². The largest absolute Gasteiger partial charge is 0.444 e. The van der Waals surface area contributed by atoms with Crippen LogP contribution >= 0.6 is 11.6 Å². The van der Waals surface area contributed by atoms with Crippen molar-refractivity contribution in [1.82, 2.24) is 14.5 Å². The molecular formula is C25H32ClN3O3. The third kappa shape index (κ3) is 7.24. The number of halogens is 1. The molecular weight excluding hydrogens is 426 g/mol. The molecule has 1 N–H and O–H groups in total. The molecule has 3 aromatic rings. The fourth-order valence-electron chi connectivity index (χ4n) is 3.27. The lowest BCUT2D eigenvalue weighted by Gasteiger charge is -2.29. The van der Waals surface area contributed by atoms with Gasteiger partial charge in [0.25, 0.3) is 0 Å². The fraction of sp³-hybridized carbons (Fsp3) is 0.440. The Hall–Kier alpha value is -2.57. The number of nitrogens with zero attached hydrogens (tertiary/aromatic N) is 3. The average Bonchev–Trinajstić information content (AvgIpc) is 3.47. The zero-order valence-corrected chi connectivity index (χ0v) is 19.9. The van der Waals surface area contributed by atoms with Gasteiger partial charge in [-0.1, -0.05) is 35.9 Å². The lowest BCUT2D eigenvalue weighted by atomic mass is 10.1. The van der Waals surface area contributed by atoms with E-state index in [1.165, 1.54) is 5.52 Å². The number of aliphatic hydroxyl groups excluding tert-OH is 1. The van der Waals surface area contributed by atoms with Gasteiger partial charge in [0.1, 0.15) is 5.60 Å². The van der Waals surface area contributed by atoms with Gasteiger partial charge in [0.15, 0.2) is 0 Å². The normalized spacial score (nSPS) is 14.4. The van der Waals surface area contributed by atoms with Crippen molar-refractivity contribution < 1.29 is 14.6 Å². The summed E-state index contributed by atoms with van der Waals surface area (Å²) in [5.41, 5.74) is 2.41. The summed E-state index contributed by atoms with van der Waals surface area (Å²) in [6.07, 6.45) is 2.94. The first-order valence-electron chi connectivity index (χ1n) is 10.9. The maximum absolute atomic E-state index is 12.3. The molecule has 32 heavy (non-hydrogen) atoms. The second-order valence-electron chi connectivity index (χ2n) is 9.24. The molecule has 1 saturated carbocycles. The first-order valence-corrected chi connectivity index (χ1v) is 11.3. The second-order valence-corrected chi connectivity index (χ2v) is 9.68. The van der Waals surface area contributed by atoms with Crippen LogP contribution in [0.25, 0.3) is 11.0 Å². The molecule has 0 saturated heterocycles. The molecule has 172 valence electrons. The lowest BCUT2D eigenvalue weighted by Crippen LogP contribution is -2.40. The van der Waals surface area contributed by atoms with Crippen molar-refractivity contribution >= 4 is 28.7 Å². The van der Waals surface area contributed by atoms with Crippen LogP contribution in [0.3, 0.4) is 0 Å². The molecule has 1 aliphatic rings. The Morgan fingerprint density at radius 3 is 2.59 bits per heavy atom. The van der Waals surface area contributed by atoms with Crippen molar-refractivity contribution in [2.24, 2.45) is 13.0 Å². The van der Waals surface area contributed by atoms with Gasteiger partial charge in [0.05, 0.1) is 30.0 Å². The van der Waals surface area contributed by atoms with Crippen molar-refractivity contribution in [3.8, 4) is 0 Å². The van der Waals surface area contributed by atoms with E-state index in [9.17, 15) is 9.90 Å². The summed E-state index contributed by atoms with van der Waals surface area (Å²) < 4.78 is 7.45. The Bertz CT molecular complexity index is 1040. The van der Waals surface area contributed by atoms with Crippen LogP contribution in [0.4, 0.5) is 4.79 Å². The Morgan fingerprint density at radius 2 is 1.97 bits per heavy atom.